The fourth-order valence-corrected chi connectivity index (χ4v) is 2.34. The first kappa shape index (κ1) is 16.6. The number of nitrogens with zero attached hydrogens (tertiary/aromatic N) is 1. The van der Waals surface area contributed by atoms with Crippen molar-refractivity contribution in [3.8, 4) is 0 Å². The number of nitrogens with one attached hydrogen (secondary N) is 1. The lowest BCUT2D eigenvalue weighted by Crippen LogP contribution is -2.33. The molecule has 0 fully saturated rings. The predicted octanol–water partition coefficient (Wildman–Crippen LogP) is 4.10. The summed E-state index contributed by atoms with van der Waals surface area (Å²) in [4.78, 5) is 2.21. The van der Waals surface area contributed by atoms with Crippen molar-refractivity contribution in [1.29, 1.82) is 0 Å². The molecule has 1 N–H and O–H groups in total. The average molecular weight is 315 g/mol. The Morgan fingerprint density at radius 3 is 2.50 bits per heavy atom. The second-order valence-electron chi connectivity index (χ2n) is 4.46. The van der Waals surface area contributed by atoms with Gasteiger partial charge in [-0.3, -0.25) is 0 Å². The molecule has 20 heavy (non-hydrogen) atoms. The third kappa shape index (κ3) is 3.35. The first-order chi connectivity index (χ1) is 8.84. The number of benzene rings is 2. The first-order valence-electron chi connectivity index (χ1n) is 6.16. The normalized spacial score (nSPS) is 12.6. The molecule has 2 aromatic carbocycles. The fraction of sp³-hybridized carbons (Fsp3) is 0.200. The van der Waals surface area contributed by atoms with Crippen LogP contribution in [0, 0.1) is 5.82 Å². The van der Waals surface area contributed by atoms with Gasteiger partial charge in [-0.2, -0.15) is 0 Å². The zero-order chi connectivity index (χ0) is 12.4. The van der Waals surface area contributed by atoms with Gasteiger partial charge in [0, 0.05) is 25.2 Å². The van der Waals surface area contributed by atoms with Crippen LogP contribution in [-0.2, 0) is 6.54 Å². The van der Waals surface area contributed by atoms with Crippen LogP contribution in [-0.4, -0.2) is 13.1 Å². The summed E-state index contributed by atoms with van der Waals surface area (Å²) in [5.74, 6) is -0.131. The maximum Gasteiger partial charge on any atom is 0.128 e. The highest BCUT2D eigenvalue weighted by molar-refractivity contribution is 5.85. The number of halogens is 3. The van der Waals surface area contributed by atoms with Crippen molar-refractivity contribution in [2.45, 2.75) is 6.54 Å². The molecule has 0 unspecified atom stereocenters. The van der Waals surface area contributed by atoms with Crippen LogP contribution in [0.1, 0.15) is 5.56 Å². The topological polar surface area (TPSA) is 15.3 Å². The fourth-order valence-electron chi connectivity index (χ4n) is 2.34. The van der Waals surface area contributed by atoms with Crippen LogP contribution >= 0.6 is 24.8 Å². The lowest BCUT2D eigenvalue weighted by atomic mass is 10.1. The molecule has 0 aromatic heterocycles. The van der Waals surface area contributed by atoms with Crippen LogP contribution in [0.2, 0.25) is 0 Å². The summed E-state index contributed by atoms with van der Waals surface area (Å²) in [6, 6.07) is 15.1. The van der Waals surface area contributed by atoms with Crippen LogP contribution in [0.5, 0.6) is 0 Å². The van der Waals surface area contributed by atoms with E-state index in [1.807, 2.05) is 24.3 Å². The molecule has 1 aliphatic rings. The Kier molecular flexibility index (Phi) is 6.11. The van der Waals surface area contributed by atoms with E-state index in [1.165, 1.54) is 6.07 Å². The molecule has 0 saturated carbocycles. The van der Waals surface area contributed by atoms with Gasteiger partial charge >= 0.3 is 0 Å². The molecule has 0 amide bonds. The SMILES string of the molecule is Cl.Cl.Fc1ccccc1CN1CCNc2ccccc21. The lowest BCUT2D eigenvalue weighted by Gasteiger charge is -2.32. The Balaban J connectivity index is 0.000001000. The van der Waals surface area contributed by atoms with E-state index in [-0.39, 0.29) is 30.6 Å². The van der Waals surface area contributed by atoms with Crippen molar-refractivity contribution in [3.05, 3.63) is 59.9 Å². The van der Waals surface area contributed by atoms with E-state index in [1.54, 1.807) is 6.07 Å². The molecule has 1 heterocycles. The van der Waals surface area contributed by atoms with Crippen LogP contribution in [0.4, 0.5) is 15.8 Å². The van der Waals surface area contributed by atoms with E-state index in [0.717, 1.165) is 30.0 Å². The molecular formula is C15H17Cl2FN2. The van der Waals surface area contributed by atoms with Gasteiger partial charge in [-0.25, -0.2) is 4.39 Å². The minimum atomic E-state index is -0.131. The van der Waals surface area contributed by atoms with Crippen molar-refractivity contribution in [2.24, 2.45) is 0 Å². The van der Waals surface area contributed by atoms with Crippen LogP contribution in [0.25, 0.3) is 0 Å². The van der Waals surface area contributed by atoms with Crippen LogP contribution in [0.15, 0.2) is 48.5 Å². The number of anilines is 2. The standard InChI is InChI=1S/C15H15FN2.2ClH/c16-13-6-2-1-5-12(13)11-18-10-9-17-14-7-3-4-8-15(14)18;;/h1-8,17H,9-11H2;2*1H. The van der Waals surface area contributed by atoms with Crippen molar-refractivity contribution in [2.75, 3.05) is 23.3 Å². The summed E-state index contributed by atoms with van der Waals surface area (Å²) in [6.07, 6.45) is 0. The summed E-state index contributed by atoms with van der Waals surface area (Å²) < 4.78 is 13.7. The predicted molar refractivity (Wildman–Crippen MR) is 86.9 cm³/mol. The van der Waals surface area contributed by atoms with Gasteiger partial charge in [0.05, 0.1) is 11.4 Å². The van der Waals surface area contributed by atoms with E-state index < -0.39 is 0 Å². The average Bonchev–Trinajstić information content (AvgIpc) is 2.42. The van der Waals surface area contributed by atoms with Crippen molar-refractivity contribution < 1.29 is 4.39 Å². The Morgan fingerprint density at radius 1 is 1.00 bits per heavy atom. The highest BCUT2D eigenvalue weighted by atomic mass is 35.5. The maximum absolute atomic E-state index is 13.7. The van der Waals surface area contributed by atoms with E-state index in [9.17, 15) is 4.39 Å². The van der Waals surface area contributed by atoms with Crippen LogP contribution in [0.3, 0.4) is 0 Å². The Bertz CT molecular complexity index is 563. The minimum Gasteiger partial charge on any atom is -0.382 e. The second-order valence-corrected chi connectivity index (χ2v) is 4.46. The molecule has 0 saturated heterocycles. The summed E-state index contributed by atoms with van der Waals surface area (Å²) in [7, 11) is 0. The molecule has 0 spiro atoms. The summed E-state index contributed by atoms with van der Waals surface area (Å²) >= 11 is 0. The van der Waals surface area contributed by atoms with Crippen molar-refractivity contribution in [1.82, 2.24) is 0 Å². The monoisotopic (exact) mass is 314 g/mol. The third-order valence-electron chi connectivity index (χ3n) is 3.26. The molecule has 0 atom stereocenters. The number of hydrogen-bond donors (Lipinski definition) is 1. The molecule has 3 rings (SSSR count). The van der Waals surface area contributed by atoms with Gasteiger partial charge in [-0.1, -0.05) is 30.3 Å². The summed E-state index contributed by atoms with van der Waals surface area (Å²) in [5, 5.41) is 3.36. The number of para-hydroxylation sites is 2. The highest BCUT2D eigenvalue weighted by Gasteiger charge is 2.16. The van der Waals surface area contributed by atoms with Gasteiger partial charge in [0.15, 0.2) is 0 Å². The summed E-state index contributed by atoms with van der Waals surface area (Å²) in [6.45, 7) is 2.40. The Labute approximate surface area is 130 Å². The van der Waals surface area contributed by atoms with E-state index in [4.69, 9.17) is 0 Å². The maximum atomic E-state index is 13.7. The number of hydrogen-bond acceptors (Lipinski definition) is 2. The van der Waals surface area contributed by atoms with Gasteiger partial charge in [-0.15, -0.1) is 24.8 Å². The number of rotatable bonds is 2. The van der Waals surface area contributed by atoms with Gasteiger partial charge in [0.2, 0.25) is 0 Å². The van der Waals surface area contributed by atoms with E-state index >= 15 is 0 Å². The van der Waals surface area contributed by atoms with Crippen molar-refractivity contribution >= 4 is 36.2 Å². The molecule has 0 aliphatic carbocycles. The van der Waals surface area contributed by atoms with Gasteiger partial charge in [0.1, 0.15) is 5.82 Å². The smallest absolute Gasteiger partial charge is 0.128 e. The highest BCUT2D eigenvalue weighted by Crippen LogP contribution is 2.29. The van der Waals surface area contributed by atoms with E-state index in [0.29, 0.717) is 6.54 Å². The first-order valence-corrected chi connectivity index (χ1v) is 6.16. The van der Waals surface area contributed by atoms with Gasteiger partial charge < -0.3 is 10.2 Å². The minimum absolute atomic E-state index is 0. The molecule has 0 radical (unpaired) electrons. The molecule has 5 heteroatoms. The molecule has 2 aromatic rings. The lowest BCUT2D eigenvalue weighted by molar-refractivity contribution is 0.604. The zero-order valence-corrected chi connectivity index (χ0v) is 12.5. The Hall–Kier alpha value is -1.45. The molecular weight excluding hydrogens is 298 g/mol. The second kappa shape index (κ2) is 7.36. The van der Waals surface area contributed by atoms with Gasteiger partial charge in [-0.05, 0) is 18.2 Å². The van der Waals surface area contributed by atoms with Gasteiger partial charge in [0.25, 0.3) is 0 Å². The molecule has 1 aliphatic heterocycles. The zero-order valence-electron chi connectivity index (χ0n) is 10.9. The molecule has 2 nitrogen and oxygen atoms in total. The van der Waals surface area contributed by atoms with Crippen LogP contribution < -0.4 is 10.2 Å². The Morgan fingerprint density at radius 2 is 1.70 bits per heavy atom. The number of fused-ring (bicyclic) bond motifs is 1. The van der Waals surface area contributed by atoms with Crippen molar-refractivity contribution in [3.63, 3.8) is 0 Å². The quantitative estimate of drug-likeness (QED) is 0.897. The van der Waals surface area contributed by atoms with E-state index in [2.05, 4.69) is 22.3 Å². The third-order valence-corrected chi connectivity index (χ3v) is 3.26. The summed E-state index contributed by atoms with van der Waals surface area (Å²) in [5.41, 5.74) is 3.02. The molecule has 0 bridgehead atoms. The largest absolute Gasteiger partial charge is 0.382 e. The molecule has 108 valence electrons.